The molecule has 0 amide bonds. The van der Waals surface area contributed by atoms with Crippen LogP contribution in [0, 0.1) is 6.92 Å². The van der Waals surface area contributed by atoms with Crippen molar-refractivity contribution in [2.45, 2.75) is 6.92 Å². The number of nitrogens with zero attached hydrogens (tertiary/aromatic N) is 2. The van der Waals surface area contributed by atoms with Gasteiger partial charge in [0.05, 0.1) is 11.4 Å². The van der Waals surface area contributed by atoms with Gasteiger partial charge in [0, 0.05) is 5.39 Å². The molecule has 0 atom stereocenters. The monoisotopic (exact) mass is 277 g/mol. The van der Waals surface area contributed by atoms with Crippen molar-refractivity contribution in [1.29, 1.82) is 0 Å². The first kappa shape index (κ1) is 13.1. The number of phenolic OH excluding ortho intramolecular Hbond substituents is 1. The van der Waals surface area contributed by atoms with E-state index in [1.165, 1.54) is 0 Å². The molecule has 3 aromatic carbocycles. The molecule has 0 heterocycles. The number of hydrogen-bond acceptors (Lipinski definition) is 4. The van der Waals surface area contributed by atoms with Crippen LogP contribution in [0.25, 0.3) is 10.8 Å². The lowest BCUT2D eigenvalue weighted by Crippen LogP contribution is -1.89. The molecule has 104 valence electrons. The molecule has 0 spiro atoms. The molecule has 0 aliphatic carbocycles. The van der Waals surface area contributed by atoms with Crippen LogP contribution >= 0.6 is 0 Å². The number of rotatable bonds is 2. The van der Waals surface area contributed by atoms with E-state index in [1.807, 2.05) is 55.5 Å². The van der Waals surface area contributed by atoms with Crippen molar-refractivity contribution >= 4 is 27.8 Å². The number of nitrogen functional groups attached to an aromatic ring is 1. The fourth-order valence-electron chi connectivity index (χ4n) is 2.30. The van der Waals surface area contributed by atoms with Gasteiger partial charge in [-0.15, -0.1) is 5.11 Å². The van der Waals surface area contributed by atoms with Gasteiger partial charge in [-0.2, -0.15) is 5.11 Å². The van der Waals surface area contributed by atoms with Gasteiger partial charge in [0.15, 0.2) is 0 Å². The largest absolute Gasteiger partial charge is 0.507 e. The lowest BCUT2D eigenvalue weighted by atomic mass is 10.0. The quantitative estimate of drug-likeness (QED) is 0.519. The van der Waals surface area contributed by atoms with E-state index < -0.39 is 0 Å². The molecular formula is C17H15N3O. The summed E-state index contributed by atoms with van der Waals surface area (Å²) in [6.07, 6.45) is 0. The van der Waals surface area contributed by atoms with Crippen molar-refractivity contribution in [2.24, 2.45) is 10.2 Å². The molecular weight excluding hydrogens is 262 g/mol. The van der Waals surface area contributed by atoms with Gasteiger partial charge in [0.25, 0.3) is 0 Å². The van der Waals surface area contributed by atoms with Gasteiger partial charge in [0.2, 0.25) is 0 Å². The summed E-state index contributed by atoms with van der Waals surface area (Å²) in [6, 6.07) is 16.8. The van der Waals surface area contributed by atoms with Crippen LogP contribution in [0.3, 0.4) is 0 Å². The van der Waals surface area contributed by atoms with E-state index in [1.54, 1.807) is 6.07 Å². The number of anilines is 1. The Kier molecular flexibility index (Phi) is 3.28. The Morgan fingerprint density at radius 2 is 1.71 bits per heavy atom. The summed E-state index contributed by atoms with van der Waals surface area (Å²) < 4.78 is 0. The number of phenols is 1. The molecule has 4 heteroatoms. The normalized spacial score (nSPS) is 11.3. The highest BCUT2D eigenvalue weighted by molar-refractivity contribution is 6.02. The van der Waals surface area contributed by atoms with Gasteiger partial charge < -0.3 is 10.8 Å². The molecule has 0 aliphatic rings. The minimum atomic E-state index is 0.166. The molecule has 0 saturated heterocycles. The first-order valence-electron chi connectivity index (χ1n) is 6.64. The Hall–Kier alpha value is -2.88. The second kappa shape index (κ2) is 5.25. The maximum atomic E-state index is 10.1. The number of azo groups is 1. The Morgan fingerprint density at radius 3 is 2.48 bits per heavy atom. The van der Waals surface area contributed by atoms with Crippen LogP contribution in [0.4, 0.5) is 17.1 Å². The van der Waals surface area contributed by atoms with Crippen LogP contribution in [0.5, 0.6) is 5.75 Å². The molecule has 3 N–H and O–H groups in total. The predicted molar refractivity (Wildman–Crippen MR) is 85.4 cm³/mol. The average Bonchev–Trinajstić information content (AvgIpc) is 2.47. The summed E-state index contributed by atoms with van der Waals surface area (Å²) in [5.41, 5.74) is 8.84. The summed E-state index contributed by atoms with van der Waals surface area (Å²) in [5, 5.41) is 19.9. The zero-order valence-corrected chi connectivity index (χ0v) is 11.6. The third kappa shape index (κ3) is 2.56. The summed E-state index contributed by atoms with van der Waals surface area (Å²) in [4.78, 5) is 0. The Balaban J connectivity index is 2.08. The van der Waals surface area contributed by atoms with E-state index in [9.17, 15) is 5.11 Å². The van der Waals surface area contributed by atoms with Gasteiger partial charge in [-0.05, 0) is 42.1 Å². The molecule has 0 aliphatic heterocycles. The fraction of sp³-hybridized carbons (Fsp3) is 0.0588. The molecule has 3 rings (SSSR count). The number of benzene rings is 3. The van der Waals surface area contributed by atoms with Gasteiger partial charge >= 0.3 is 0 Å². The maximum absolute atomic E-state index is 10.1. The molecule has 4 nitrogen and oxygen atoms in total. The van der Waals surface area contributed by atoms with E-state index in [-0.39, 0.29) is 5.75 Å². The van der Waals surface area contributed by atoms with Crippen molar-refractivity contribution < 1.29 is 5.11 Å². The summed E-state index contributed by atoms with van der Waals surface area (Å²) in [7, 11) is 0. The Bertz CT molecular complexity index is 826. The lowest BCUT2D eigenvalue weighted by molar-refractivity contribution is 0.481. The van der Waals surface area contributed by atoms with E-state index in [2.05, 4.69) is 10.2 Å². The predicted octanol–water partition coefficient (Wildman–Crippen LogP) is 4.85. The summed E-state index contributed by atoms with van der Waals surface area (Å²) in [6.45, 7) is 1.93. The van der Waals surface area contributed by atoms with Crippen LogP contribution in [0.1, 0.15) is 5.56 Å². The smallest absolute Gasteiger partial charge is 0.125 e. The van der Waals surface area contributed by atoms with E-state index in [0.717, 1.165) is 16.6 Å². The van der Waals surface area contributed by atoms with Crippen LogP contribution < -0.4 is 5.73 Å². The number of nitrogens with two attached hydrogens (primary N) is 1. The second-order valence-corrected chi connectivity index (χ2v) is 4.92. The van der Waals surface area contributed by atoms with Gasteiger partial charge in [-0.3, -0.25) is 0 Å². The SMILES string of the molecule is Cc1cc(O)c2c(N)c(N=Nc3ccccc3)ccc2c1. The van der Waals surface area contributed by atoms with Crippen LogP contribution in [0.15, 0.2) is 64.8 Å². The van der Waals surface area contributed by atoms with Crippen molar-refractivity contribution in [3.05, 3.63) is 60.2 Å². The number of aryl methyl sites for hydroxylation is 1. The highest BCUT2D eigenvalue weighted by Crippen LogP contribution is 2.37. The zero-order chi connectivity index (χ0) is 14.8. The second-order valence-electron chi connectivity index (χ2n) is 4.92. The fourth-order valence-corrected chi connectivity index (χ4v) is 2.30. The van der Waals surface area contributed by atoms with Crippen LogP contribution in [-0.4, -0.2) is 5.11 Å². The minimum Gasteiger partial charge on any atom is -0.507 e. The summed E-state index contributed by atoms with van der Waals surface area (Å²) in [5.74, 6) is 0.166. The summed E-state index contributed by atoms with van der Waals surface area (Å²) >= 11 is 0. The number of hydrogen-bond donors (Lipinski definition) is 2. The van der Waals surface area contributed by atoms with Gasteiger partial charge in [-0.1, -0.05) is 30.3 Å². The maximum Gasteiger partial charge on any atom is 0.125 e. The molecule has 21 heavy (non-hydrogen) atoms. The topological polar surface area (TPSA) is 71.0 Å². The van der Waals surface area contributed by atoms with Gasteiger partial charge in [0.1, 0.15) is 11.4 Å². The molecule has 0 aromatic heterocycles. The number of aromatic hydroxyl groups is 1. The molecule has 0 saturated carbocycles. The standard InChI is InChI=1S/C17H15N3O/c1-11-9-12-7-8-14(17(18)16(12)15(21)10-11)20-19-13-5-3-2-4-6-13/h2-10,21H,18H2,1H3. The Labute approximate surface area is 122 Å². The number of fused-ring (bicyclic) bond motifs is 1. The van der Waals surface area contributed by atoms with E-state index in [0.29, 0.717) is 16.8 Å². The van der Waals surface area contributed by atoms with E-state index >= 15 is 0 Å². The van der Waals surface area contributed by atoms with Gasteiger partial charge in [-0.25, -0.2) is 0 Å². The average molecular weight is 277 g/mol. The highest BCUT2D eigenvalue weighted by Gasteiger charge is 2.09. The van der Waals surface area contributed by atoms with Crippen LogP contribution in [0.2, 0.25) is 0 Å². The lowest BCUT2D eigenvalue weighted by Gasteiger charge is -2.08. The van der Waals surface area contributed by atoms with Crippen molar-refractivity contribution in [3.8, 4) is 5.75 Å². The molecule has 0 fully saturated rings. The van der Waals surface area contributed by atoms with Crippen LogP contribution in [-0.2, 0) is 0 Å². The highest BCUT2D eigenvalue weighted by atomic mass is 16.3. The zero-order valence-electron chi connectivity index (χ0n) is 11.6. The molecule has 0 radical (unpaired) electrons. The van der Waals surface area contributed by atoms with Crippen molar-refractivity contribution in [2.75, 3.05) is 5.73 Å². The third-order valence-corrected chi connectivity index (χ3v) is 3.29. The molecule has 0 bridgehead atoms. The molecule has 0 unspecified atom stereocenters. The molecule has 3 aromatic rings. The van der Waals surface area contributed by atoms with E-state index in [4.69, 9.17) is 5.73 Å². The minimum absolute atomic E-state index is 0.166. The third-order valence-electron chi connectivity index (χ3n) is 3.29. The van der Waals surface area contributed by atoms with Crippen molar-refractivity contribution in [1.82, 2.24) is 0 Å². The first-order chi connectivity index (χ1) is 10.1. The van der Waals surface area contributed by atoms with Crippen molar-refractivity contribution in [3.63, 3.8) is 0 Å². The first-order valence-corrected chi connectivity index (χ1v) is 6.64. The Morgan fingerprint density at radius 1 is 0.952 bits per heavy atom.